The smallest absolute Gasteiger partial charge is 0.241 e. The molecule has 5 rings (SSSR count). The van der Waals surface area contributed by atoms with Crippen LogP contribution in [-0.2, 0) is 16.0 Å². The van der Waals surface area contributed by atoms with Crippen LogP contribution in [0, 0.1) is 22.7 Å². The van der Waals surface area contributed by atoms with Crippen LogP contribution in [0.2, 0.25) is 0 Å². The molecule has 3 aliphatic heterocycles. The second-order valence-corrected chi connectivity index (χ2v) is 9.11. The molecular weight excluding hydrogens is 392 g/mol. The summed E-state index contributed by atoms with van der Waals surface area (Å²) >= 11 is 0. The number of carbonyl (C=O) groups excluding carboxylic acids is 2. The van der Waals surface area contributed by atoms with Gasteiger partial charge in [-0.15, -0.1) is 0 Å². The normalized spacial score (nSPS) is 30.4. The fourth-order valence-corrected chi connectivity index (χ4v) is 5.96. The highest BCUT2D eigenvalue weighted by molar-refractivity contribution is 5.87. The number of fused-ring (bicyclic) bond motifs is 3. The van der Waals surface area contributed by atoms with Gasteiger partial charge in [0.25, 0.3) is 0 Å². The van der Waals surface area contributed by atoms with Gasteiger partial charge in [-0.3, -0.25) is 14.5 Å². The quantitative estimate of drug-likeness (QED) is 0.768. The van der Waals surface area contributed by atoms with Crippen molar-refractivity contribution in [1.82, 2.24) is 14.7 Å². The predicted molar refractivity (Wildman–Crippen MR) is 111 cm³/mol. The summed E-state index contributed by atoms with van der Waals surface area (Å²) < 4.78 is 0. The van der Waals surface area contributed by atoms with E-state index in [2.05, 4.69) is 17.0 Å². The van der Waals surface area contributed by atoms with Crippen molar-refractivity contribution in [3.05, 3.63) is 34.9 Å². The fourth-order valence-electron chi connectivity index (χ4n) is 5.96. The van der Waals surface area contributed by atoms with Gasteiger partial charge in [0.05, 0.1) is 35.8 Å². The Morgan fingerprint density at radius 2 is 2.10 bits per heavy atom. The number of benzene rings is 1. The van der Waals surface area contributed by atoms with Crippen LogP contribution in [0.5, 0.6) is 0 Å². The summed E-state index contributed by atoms with van der Waals surface area (Å²) in [5, 5.41) is 18.4. The minimum absolute atomic E-state index is 0.0729. The zero-order chi connectivity index (χ0) is 21.7. The van der Waals surface area contributed by atoms with E-state index in [9.17, 15) is 14.9 Å². The number of nitrogens with two attached hydrogens (primary N) is 1. The lowest BCUT2D eigenvalue weighted by molar-refractivity contribution is -0.141. The number of piperazine rings is 1. The average Bonchev–Trinajstić information content (AvgIpc) is 3.55. The maximum Gasteiger partial charge on any atom is 0.241 e. The van der Waals surface area contributed by atoms with Gasteiger partial charge in [0, 0.05) is 25.7 Å². The minimum Gasteiger partial charge on any atom is -0.330 e. The number of likely N-dealkylation sites (tertiary alicyclic amines) is 3. The van der Waals surface area contributed by atoms with Crippen LogP contribution in [0.1, 0.15) is 48.4 Å². The molecule has 0 aromatic heterocycles. The van der Waals surface area contributed by atoms with Crippen molar-refractivity contribution in [3.8, 4) is 12.1 Å². The predicted octanol–water partition coefficient (Wildman–Crippen LogP) is 0.673. The third-order valence-corrected chi connectivity index (χ3v) is 7.40. The number of nitrogens with zero attached hydrogens (tertiary/aromatic N) is 5. The first-order valence-electron chi connectivity index (χ1n) is 11.1. The molecule has 8 nitrogen and oxygen atoms in total. The third-order valence-electron chi connectivity index (χ3n) is 7.40. The van der Waals surface area contributed by atoms with E-state index in [4.69, 9.17) is 11.0 Å². The number of amides is 2. The summed E-state index contributed by atoms with van der Waals surface area (Å²) in [5.41, 5.74) is 9.22. The highest BCUT2D eigenvalue weighted by Gasteiger charge is 2.53. The van der Waals surface area contributed by atoms with Crippen LogP contribution in [0.4, 0.5) is 0 Å². The lowest BCUT2D eigenvalue weighted by Gasteiger charge is -2.38. The maximum atomic E-state index is 13.3. The Balaban J connectivity index is 1.25. The Bertz CT molecular complexity index is 1010. The summed E-state index contributed by atoms with van der Waals surface area (Å²) in [6, 6.07) is 9.03. The van der Waals surface area contributed by atoms with Crippen molar-refractivity contribution < 1.29 is 9.59 Å². The molecule has 8 heteroatoms. The molecule has 2 amide bonds. The number of carbonyl (C=O) groups is 2. The number of aryl methyl sites for hydroxylation is 1. The van der Waals surface area contributed by atoms with Crippen molar-refractivity contribution in [2.75, 3.05) is 19.6 Å². The van der Waals surface area contributed by atoms with E-state index < -0.39 is 6.04 Å². The Hall–Kier alpha value is -2.94. The Morgan fingerprint density at radius 3 is 2.84 bits per heavy atom. The molecule has 3 heterocycles. The number of hydrogen-bond donors (Lipinski definition) is 1. The highest BCUT2D eigenvalue weighted by Crippen LogP contribution is 2.44. The molecule has 1 aromatic rings. The molecular formula is C23H26N6O2. The van der Waals surface area contributed by atoms with Crippen LogP contribution in [0.3, 0.4) is 0 Å². The van der Waals surface area contributed by atoms with Gasteiger partial charge in [-0.25, -0.2) is 0 Å². The van der Waals surface area contributed by atoms with E-state index in [1.807, 2.05) is 23.1 Å². The molecule has 4 unspecified atom stereocenters. The van der Waals surface area contributed by atoms with Gasteiger partial charge in [0.15, 0.2) is 0 Å². The molecule has 0 radical (unpaired) electrons. The first-order valence-corrected chi connectivity index (χ1v) is 11.1. The molecule has 0 saturated carbocycles. The molecule has 2 bridgehead atoms. The second kappa shape index (κ2) is 7.64. The maximum absolute atomic E-state index is 13.3. The SMILES string of the molecule is N#Cc1ccc2c(c1)CCC2N1C(=O)C2C[C@H]1CN2CC(N)C(=O)N1CCCC1C#N. The fraction of sp³-hybridized carbons (Fsp3) is 0.565. The van der Waals surface area contributed by atoms with Crippen LogP contribution >= 0.6 is 0 Å². The van der Waals surface area contributed by atoms with Gasteiger partial charge in [-0.05, 0) is 55.4 Å². The molecule has 3 fully saturated rings. The van der Waals surface area contributed by atoms with E-state index in [0.29, 0.717) is 25.1 Å². The Morgan fingerprint density at radius 1 is 1.26 bits per heavy atom. The third kappa shape index (κ3) is 3.18. The average molecular weight is 419 g/mol. The lowest BCUT2D eigenvalue weighted by atomic mass is 10.0. The molecule has 1 aromatic carbocycles. The van der Waals surface area contributed by atoms with E-state index >= 15 is 0 Å². The molecule has 31 heavy (non-hydrogen) atoms. The lowest BCUT2D eigenvalue weighted by Crippen LogP contribution is -2.56. The summed E-state index contributed by atoms with van der Waals surface area (Å²) in [7, 11) is 0. The van der Waals surface area contributed by atoms with Gasteiger partial charge in [0.2, 0.25) is 11.8 Å². The summed E-state index contributed by atoms with van der Waals surface area (Å²) in [4.78, 5) is 31.7. The van der Waals surface area contributed by atoms with Crippen molar-refractivity contribution in [1.29, 1.82) is 10.5 Å². The Labute approximate surface area is 181 Å². The zero-order valence-electron chi connectivity index (χ0n) is 17.4. The number of nitriles is 2. The van der Waals surface area contributed by atoms with Gasteiger partial charge in [-0.1, -0.05) is 6.07 Å². The van der Waals surface area contributed by atoms with Gasteiger partial charge < -0.3 is 15.5 Å². The van der Waals surface area contributed by atoms with E-state index in [1.165, 1.54) is 5.56 Å². The molecule has 3 saturated heterocycles. The van der Waals surface area contributed by atoms with Gasteiger partial charge >= 0.3 is 0 Å². The first kappa shape index (κ1) is 20.0. The minimum atomic E-state index is -0.717. The van der Waals surface area contributed by atoms with Crippen LogP contribution in [0.15, 0.2) is 18.2 Å². The number of hydrogen-bond acceptors (Lipinski definition) is 6. The van der Waals surface area contributed by atoms with E-state index in [1.54, 1.807) is 4.90 Å². The molecule has 2 N–H and O–H groups in total. The monoisotopic (exact) mass is 418 g/mol. The Kier molecular flexibility index (Phi) is 4.92. The number of rotatable bonds is 4. The zero-order valence-corrected chi connectivity index (χ0v) is 17.4. The van der Waals surface area contributed by atoms with Crippen LogP contribution < -0.4 is 5.73 Å². The molecule has 5 atom stereocenters. The molecule has 4 aliphatic rings. The van der Waals surface area contributed by atoms with Crippen molar-refractivity contribution in [2.24, 2.45) is 5.73 Å². The van der Waals surface area contributed by atoms with Crippen LogP contribution in [-0.4, -0.2) is 70.3 Å². The topological polar surface area (TPSA) is 117 Å². The van der Waals surface area contributed by atoms with Crippen molar-refractivity contribution >= 4 is 11.8 Å². The second-order valence-electron chi connectivity index (χ2n) is 9.11. The summed E-state index contributed by atoms with van der Waals surface area (Å²) in [5.74, 6) is -0.0664. The van der Waals surface area contributed by atoms with Crippen molar-refractivity contribution in [2.45, 2.75) is 62.3 Å². The largest absolute Gasteiger partial charge is 0.330 e. The first-order chi connectivity index (χ1) is 15.0. The summed E-state index contributed by atoms with van der Waals surface area (Å²) in [6.45, 7) is 1.65. The van der Waals surface area contributed by atoms with Gasteiger partial charge in [-0.2, -0.15) is 10.5 Å². The molecule has 1 aliphatic carbocycles. The standard InChI is InChI=1S/C23H26N6O2/c24-10-14-3-5-18-15(8-14)4-6-20(18)29-17-9-21(23(29)31)27(12-17)13-19(26)22(30)28-7-1-2-16(28)11-25/h3,5,8,16-17,19-21H,1-2,4,6-7,9,12-13,26H2/t16?,17-,19?,20?,21?/m0/s1. The van der Waals surface area contributed by atoms with E-state index in [-0.39, 0.29) is 36.0 Å². The summed E-state index contributed by atoms with van der Waals surface area (Å²) in [6.07, 6.45) is 4.08. The van der Waals surface area contributed by atoms with Gasteiger partial charge in [0.1, 0.15) is 6.04 Å². The van der Waals surface area contributed by atoms with Crippen molar-refractivity contribution in [3.63, 3.8) is 0 Å². The highest BCUT2D eigenvalue weighted by atomic mass is 16.2. The molecule has 160 valence electrons. The van der Waals surface area contributed by atoms with Crippen LogP contribution in [0.25, 0.3) is 0 Å². The van der Waals surface area contributed by atoms with E-state index in [0.717, 1.165) is 37.8 Å². The molecule has 0 spiro atoms.